The van der Waals surface area contributed by atoms with Gasteiger partial charge >= 0.3 is 54.9 Å². The van der Waals surface area contributed by atoms with Crippen LogP contribution >= 0.6 is 8.03 Å². The molecule has 1 atom stereocenters. The number of benzene rings is 1. The number of hydrogen-bond acceptors (Lipinski definition) is 2. The van der Waals surface area contributed by atoms with Crippen molar-refractivity contribution in [1.82, 2.24) is 0 Å². The smallest absolute Gasteiger partial charge is 2.00 e. The molecule has 12 heavy (non-hydrogen) atoms. The molecular weight excluding hydrogens is 201 g/mol. The zero-order chi connectivity index (χ0) is 6.69. The SMILES string of the molecule is O=[P+]([O-])c1ccccc1.[Al+3].[Na+].[O-2]. The molecule has 1 aromatic rings. The van der Waals surface area contributed by atoms with E-state index in [0.29, 0.717) is 5.30 Å². The minimum atomic E-state index is -2.40. The summed E-state index contributed by atoms with van der Waals surface area (Å²) >= 11 is 0. The molecule has 0 aliphatic carbocycles. The average molecular weight is 206 g/mol. The first-order valence-corrected chi connectivity index (χ1v) is 3.68. The van der Waals surface area contributed by atoms with Crippen molar-refractivity contribution >= 4 is 30.7 Å². The molecule has 0 aliphatic rings. The van der Waals surface area contributed by atoms with Gasteiger partial charge in [-0.1, -0.05) is 22.8 Å². The van der Waals surface area contributed by atoms with Crippen LogP contribution < -0.4 is 39.8 Å². The van der Waals surface area contributed by atoms with Gasteiger partial charge in [-0.2, -0.15) is 0 Å². The van der Waals surface area contributed by atoms with E-state index < -0.39 is 8.03 Å². The van der Waals surface area contributed by atoms with Crippen LogP contribution in [-0.4, -0.2) is 17.4 Å². The third-order valence-corrected chi connectivity index (χ3v) is 1.69. The Labute approximate surface area is 105 Å². The minimum absolute atomic E-state index is 0. The summed E-state index contributed by atoms with van der Waals surface area (Å²) in [7, 11) is -2.40. The van der Waals surface area contributed by atoms with Crippen molar-refractivity contribution in [1.29, 1.82) is 0 Å². The molecule has 0 saturated carbocycles. The monoisotopic (exact) mass is 206 g/mol. The van der Waals surface area contributed by atoms with Gasteiger partial charge in [-0.25, -0.2) is 0 Å². The fourth-order valence-corrected chi connectivity index (χ4v) is 0.965. The van der Waals surface area contributed by atoms with Gasteiger partial charge in [0, 0.05) is 0 Å². The third-order valence-electron chi connectivity index (χ3n) is 0.967. The van der Waals surface area contributed by atoms with Gasteiger partial charge in [0.15, 0.2) is 5.30 Å². The molecule has 0 aromatic heterocycles. The molecule has 0 amide bonds. The summed E-state index contributed by atoms with van der Waals surface area (Å²) in [4.78, 5) is 10.2. The van der Waals surface area contributed by atoms with Crippen LogP contribution in [0.4, 0.5) is 0 Å². The van der Waals surface area contributed by atoms with Crippen LogP contribution in [0.5, 0.6) is 0 Å². The Balaban J connectivity index is -0.000000270. The fraction of sp³-hybridized carbons (Fsp3) is 0. The van der Waals surface area contributed by atoms with E-state index in [2.05, 4.69) is 0 Å². The molecule has 6 heteroatoms. The molecule has 0 saturated heterocycles. The maximum atomic E-state index is 10.2. The van der Waals surface area contributed by atoms with E-state index in [1.807, 2.05) is 0 Å². The summed E-state index contributed by atoms with van der Waals surface area (Å²) in [5.74, 6) is 0. The first-order valence-electron chi connectivity index (χ1n) is 2.50. The Kier molecular flexibility index (Phi) is 15.2. The third kappa shape index (κ3) is 6.31. The zero-order valence-corrected chi connectivity index (χ0v) is 10.7. The van der Waals surface area contributed by atoms with Crippen molar-refractivity contribution < 1.29 is 44.5 Å². The molecule has 0 heterocycles. The average Bonchev–Trinajstić information content (AvgIpc) is 1.90. The quantitative estimate of drug-likeness (QED) is 0.361. The van der Waals surface area contributed by atoms with Gasteiger partial charge in [0.05, 0.1) is 0 Å². The van der Waals surface area contributed by atoms with E-state index >= 15 is 0 Å². The first-order chi connectivity index (χ1) is 4.30. The second kappa shape index (κ2) is 9.86. The molecule has 1 aromatic carbocycles. The van der Waals surface area contributed by atoms with Gasteiger partial charge in [0.25, 0.3) is 0 Å². The standard InChI is InChI=1S/C6H5O2P.Al.Na.O/c7-9(8)6-4-2-1-3-5-6;;;/h1-5H;;;/q;+3;+1;-2. The van der Waals surface area contributed by atoms with Gasteiger partial charge < -0.3 is 10.4 Å². The fourth-order valence-electron chi connectivity index (χ4n) is 0.550. The van der Waals surface area contributed by atoms with Crippen molar-refractivity contribution in [3.8, 4) is 0 Å². The molecule has 0 N–H and O–H groups in total. The normalized spacial score (nSPS) is 8.25. The van der Waals surface area contributed by atoms with Crippen LogP contribution in [0.3, 0.4) is 0 Å². The van der Waals surface area contributed by atoms with Crippen molar-refractivity contribution in [2.45, 2.75) is 0 Å². The van der Waals surface area contributed by atoms with Crippen LogP contribution in [0.25, 0.3) is 0 Å². The summed E-state index contributed by atoms with van der Waals surface area (Å²) < 4.78 is 10.2. The topological polar surface area (TPSA) is 68.6 Å². The maximum absolute atomic E-state index is 10.2. The van der Waals surface area contributed by atoms with Crippen molar-refractivity contribution in [2.75, 3.05) is 0 Å². The maximum Gasteiger partial charge on any atom is 3.00 e. The first kappa shape index (κ1) is 18.5. The molecular formula is C6H5AlNaO3P+2. The minimum Gasteiger partial charge on any atom is -2.00 e. The second-order valence-electron chi connectivity index (χ2n) is 1.59. The summed E-state index contributed by atoms with van der Waals surface area (Å²) in [6, 6.07) is 8.29. The Morgan fingerprint density at radius 3 is 1.83 bits per heavy atom. The van der Waals surface area contributed by atoms with Gasteiger partial charge in [-0.15, -0.1) is 0 Å². The predicted molar refractivity (Wildman–Crippen MR) is 40.1 cm³/mol. The summed E-state index contributed by atoms with van der Waals surface area (Å²) in [5.41, 5.74) is 0. The van der Waals surface area contributed by atoms with E-state index in [1.165, 1.54) is 0 Å². The molecule has 0 bridgehead atoms. The molecule has 1 unspecified atom stereocenters. The predicted octanol–water partition coefficient (Wildman–Crippen LogP) is -3.08. The van der Waals surface area contributed by atoms with Crippen LogP contribution in [0.1, 0.15) is 0 Å². The van der Waals surface area contributed by atoms with Crippen molar-refractivity contribution in [3.63, 3.8) is 0 Å². The van der Waals surface area contributed by atoms with Crippen LogP contribution in [0, 0.1) is 0 Å². The second-order valence-corrected chi connectivity index (χ2v) is 2.62. The van der Waals surface area contributed by atoms with Gasteiger partial charge in [-0.05, 0) is 12.1 Å². The largest absolute Gasteiger partial charge is 3.00 e. The summed E-state index contributed by atoms with van der Waals surface area (Å²) in [6.45, 7) is 0. The van der Waals surface area contributed by atoms with E-state index in [0.717, 1.165) is 0 Å². The molecule has 0 spiro atoms. The Bertz CT molecular complexity index is 219. The van der Waals surface area contributed by atoms with Crippen molar-refractivity contribution in [3.05, 3.63) is 30.3 Å². The van der Waals surface area contributed by atoms with Crippen molar-refractivity contribution in [2.24, 2.45) is 0 Å². The van der Waals surface area contributed by atoms with E-state index in [9.17, 15) is 9.46 Å². The number of rotatable bonds is 1. The van der Waals surface area contributed by atoms with Gasteiger partial charge in [0.1, 0.15) is 0 Å². The van der Waals surface area contributed by atoms with Crippen LogP contribution in [0.2, 0.25) is 0 Å². The van der Waals surface area contributed by atoms with E-state index in [4.69, 9.17) is 0 Å². The van der Waals surface area contributed by atoms with Crippen LogP contribution in [-0.2, 0) is 10.0 Å². The summed E-state index contributed by atoms with van der Waals surface area (Å²) in [6.07, 6.45) is 0. The van der Waals surface area contributed by atoms with Gasteiger partial charge in [0.2, 0.25) is 0 Å². The Morgan fingerprint density at radius 2 is 1.58 bits per heavy atom. The molecule has 0 radical (unpaired) electrons. The Morgan fingerprint density at radius 1 is 1.17 bits per heavy atom. The zero-order valence-electron chi connectivity index (χ0n) is 6.64. The van der Waals surface area contributed by atoms with E-state index in [1.54, 1.807) is 30.3 Å². The molecule has 54 valence electrons. The summed E-state index contributed by atoms with van der Waals surface area (Å²) in [5, 5.41) is 0.368. The van der Waals surface area contributed by atoms with E-state index in [-0.39, 0.29) is 52.4 Å². The van der Waals surface area contributed by atoms with Crippen LogP contribution in [0.15, 0.2) is 30.3 Å². The van der Waals surface area contributed by atoms with Gasteiger partial charge in [-0.3, -0.25) is 0 Å². The molecule has 3 nitrogen and oxygen atoms in total. The molecule has 0 aliphatic heterocycles. The molecule has 1 rings (SSSR count). The Hall–Kier alpha value is 0.772. The number of hydrogen-bond donors (Lipinski definition) is 0. The molecule has 0 fully saturated rings.